The summed E-state index contributed by atoms with van der Waals surface area (Å²) in [7, 11) is 0. The molecule has 1 aliphatic heterocycles. The van der Waals surface area contributed by atoms with Gasteiger partial charge in [0.15, 0.2) is 0 Å². The van der Waals surface area contributed by atoms with Crippen LogP contribution in [0.1, 0.15) is 25.6 Å². The summed E-state index contributed by atoms with van der Waals surface area (Å²) in [5.41, 5.74) is 1.55. The fourth-order valence-corrected chi connectivity index (χ4v) is 4.54. The van der Waals surface area contributed by atoms with Gasteiger partial charge in [0.1, 0.15) is 11.6 Å². The Labute approximate surface area is 138 Å². The molecule has 2 nitrogen and oxygen atoms in total. The molecule has 6 heteroatoms. The fourth-order valence-electron chi connectivity index (χ4n) is 2.92. The second-order valence-corrected chi connectivity index (χ2v) is 8.18. The molecule has 1 saturated heterocycles. The van der Waals surface area contributed by atoms with Crippen molar-refractivity contribution in [1.82, 2.24) is 9.55 Å². The molecule has 0 amide bonds. The molecular weight excluding hydrogens is 330 g/mol. The van der Waals surface area contributed by atoms with Gasteiger partial charge in [0.05, 0.1) is 16.1 Å². The molecule has 2 heterocycles. The Hall–Kier alpha value is -0.450. The van der Waals surface area contributed by atoms with Gasteiger partial charge < -0.3 is 4.57 Å². The summed E-state index contributed by atoms with van der Waals surface area (Å²) in [6.07, 6.45) is 3.11. The highest BCUT2D eigenvalue weighted by atomic mass is 35.5. The van der Waals surface area contributed by atoms with Gasteiger partial charge in [0.2, 0.25) is 0 Å². The van der Waals surface area contributed by atoms with Gasteiger partial charge in [-0.2, -0.15) is 11.8 Å². The summed E-state index contributed by atoms with van der Waals surface area (Å²) < 4.78 is 16.0. The van der Waals surface area contributed by atoms with Crippen LogP contribution in [0, 0.1) is 5.82 Å². The van der Waals surface area contributed by atoms with Crippen LogP contribution in [0.15, 0.2) is 12.1 Å². The molecule has 1 unspecified atom stereocenters. The minimum Gasteiger partial charge on any atom is -0.327 e. The van der Waals surface area contributed by atoms with Crippen LogP contribution in [0.3, 0.4) is 0 Å². The predicted octanol–water partition coefficient (Wildman–Crippen LogP) is 4.90. The molecule has 0 N–H and O–H groups in total. The summed E-state index contributed by atoms with van der Waals surface area (Å²) in [6.45, 7) is 3.15. The highest BCUT2D eigenvalue weighted by Crippen LogP contribution is 2.40. The number of imidazole rings is 1. The predicted molar refractivity (Wildman–Crippen MR) is 89.2 cm³/mol. The number of benzene rings is 1. The molecule has 1 aromatic carbocycles. The third-order valence-electron chi connectivity index (χ3n) is 3.98. The average molecular weight is 347 g/mol. The van der Waals surface area contributed by atoms with Crippen LogP contribution < -0.4 is 0 Å². The van der Waals surface area contributed by atoms with Crippen LogP contribution in [0.4, 0.5) is 4.39 Å². The SMILES string of the molecule is CC1(Cn2c(CCCl)nc3cc(F)c(Cl)cc32)CCCS1. The minimum absolute atomic E-state index is 0.144. The maximum Gasteiger partial charge on any atom is 0.144 e. The molecule has 1 fully saturated rings. The van der Waals surface area contributed by atoms with Crippen molar-refractivity contribution in [2.45, 2.75) is 37.5 Å². The third-order valence-corrected chi connectivity index (χ3v) is 5.98. The highest BCUT2D eigenvalue weighted by molar-refractivity contribution is 8.00. The first kappa shape index (κ1) is 15.4. The summed E-state index contributed by atoms with van der Waals surface area (Å²) in [5.74, 6) is 2.19. The number of hydrogen-bond acceptors (Lipinski definition) is 2. The molecule has 1 aliphatic rings. The molecule has 0 aliphatic carbocycles. The average Bonchev–Trinajstić information content (AvgIpc) is 2.98. The first-order valence-corrected chi connectivity index (χ1v) is 8.96. The Morgan fingerprint density at radius 2 is 2.29 bits per heavy atom. The molecule has 1 aromatic heterocycles. The number of aryl methyl sites for hydroxylation is 1. The summed E-state index contributed by atoms with van der Waals surface area (Å²) in [4.78, 5) is 4.55. The number of halogens is 3. The number of thioether (sulfide) groups is 1. The van der Waals surface area contributed by atoms with Gasteiger partial charge in [-0.05, 0) is 31.6 Å². The maximum atomic E-state index is 13.6. The van der Waals surface area contributed by atoms with E-state index in [-0.39, 0.29) is 9.77 Å². The summed E-state index contributed by atoms with van der Waals surface area (Å²) in [5, 5.41) is 0.144. The van der Waals surface area contributed by atoms with Crippen LogP contribution >= 0.6 is 35.0 Å². The molecule has 0 saturated carbocycles. The van der Waals surface area contributed by atoms with Crippen molar-refractivity contribution in [2.75, 3.05) is 11.6 Å². The van der Waals surface area contributed by atoms with Gasteiger partial charge >= 0.3 is 0 Å². The Balaban J connectivity index is 2.08. The lowest BCUT2D eigenvalue weighted by Gasteiger charge is -2.24. The quantitative estimate of drug-likeness (QED) is 0.733. The van der Waals surface area contributed by atoms with Crippen molar-refractivity contribution < 1.29 is 4.39 Å². The van der Waals surface area contributed by atoms with Crippen LogP contribution in [-0.4, -0.2) is 25.9 Å². The van der Waals surface area contributed by atoms with E-state index in [2.05, 4.69) is 16.5 Å². The van der Waals surface area contributed by atoms with Gasteiger partial charge in [-0.25, -0.2) is 9.37 Å². The van der Waals surface area contributed by atoms with Crippen LogP contribution in [0.25, 0.3) is 11.0 Å². The number of alkyl halides is 1. The zero-order valence-electron chi connectivity index (χ0n) is 11.8. The van der Waals surface area contributed by atoms with Crippen LogP contribution in [0.2, 0.25) is 5.02 Å². The van der Waals surface area contributed by atoms with E-state index in [1.54, 1.807) is 6.07 Å². The summed E-state index contributed by atoms with van der Waals surface area (Å²) in [6, 6.07) is 3.09. The van der Waals surface area contributed by atoms with E-state index in [0.29, 0.717) is 17.8 Å². The Kier molecular flexibility index (Phi) is 4.40. The molecule has 21 heavy (non-hydrogen) atoms. The van der Waals surface area contributed by atoms with Gasteiger partial charge in [-0.15, -0.1) is 11.6 Å². The lowest BCUT2D eigenvalue weighted by atomic mass is 10.1. The zero-order chi connectivity index (χ0) is 15.0. The van der Waals surface area contributed by atoms with E-state index in [1.807, 2.05) is 11.8 Å². The molecule has 2 aromatic rings. The van der Waals surface area contributed by atoms with Crippen LogP contribution in [0.5, 0.6) is 0 Å². The Morgan fingerprint density at radius 3 is 2.95 bits per heavy atom. The van der Waals surface area contributed by atoms with Crippen LogP contribution in [-0.2, 0) is 13.0 Å². The topological polar surface area (TPSA) is 17.8 Å². The minimum atomic E-state index is -0.423. The number of hydrogen-bond donors (Lipinski definition) is 0. The van der Waals surface area contributed by atoms with E-state index < -0.39 is 5.82 Å². The van der Waals surface area contributed by atoms with E-state index in [1.165, 1.54) is 24.7 Å². The van der Waals surface area contributed by atoms with Gasteiger partial charge in [0, 0.05) is 29.7 Å². The second-order valence-electron chi connectivity index (χ2n) is 5.71. The zero-order valence-corrected chi connectivity index (χ0v) is 14.2. The first-order chi connectivity index (χ1) is 10.0. The second kappa shape index (κ2) is 5.98. The van der Waals surface area contributed by atoms with Crippen molar-refractivity contribution in [3.63, 3.8) is 0 Å². The number of nitrogens with zero attached hydrogens (tertiary/aromatic N) is 2. The van der Waals surface area contributed by atoms with E-state index >= 15 is 0 Å². The molecule has 0 spiro atoms. The lowest BCUT2D eigenvalue weighted by molar-refractivity contribution is 0.507. The van der Waals surface area contributed by atoms with Crippen molar-refractivity contribution in [3.05, 3.63) is 28.8 Å². The molecule has 1 atom stereocenters. The maximum absolute atomic E-state index is 13.6. The number of rotatable bonds is 4. The van der Waals surface area contributed by atoms with Gasteiger partial charge in [0.25, 0.3) is 0 Å². The fraction of sp³-hybridized carbons (Fsp3) is 0.533. The first-order valence-electron chi connectivity index (χ1n) is 7.06. The van der Waals surface area contributed by atoms with Crippen molar-refractivity contribution in [1.29, 1.82) is 0 Å². The Bertz CT molecular complexity index is 665. The standard InChI is InChI=1S/C15H17Cl2FN2S/c1-15(4-2-6-21-15)9-20-13-7-10(17)11(18)8-12(13)19-14(20)3-5-16/h7-8H,2-6,9H2,1H3. The molecule has 0 bridgehead atoms. The molecule has 114 valence electrons. The van der Waals surface area contributed by atoms with Gasteiger partial charge in [-0.3, -0.25) is 0 Å². The van der Waals surface area contributed by atoms with E-state index in [4.69, 9.17) is 23.2 Å². The number of fused-ring (bicyclic) bond motifs is 1. The highest BCUT2D eigenvalue weighted by Gasteiger charge is 2.31. The van der Waals surface area contributed by atoms with E-state index in [0.717, 1.165) is 17.9 Å². The molecule has 0 radical (unpaired) electrons. The lowest BCUT2D eigenvalue weighted by Crippen LogP contribution is -2.25. The van der Waals surface area contributed by atoms with E-state index in [9.17, 15) is 4.39 Å². The molecule has 3 rings (SSSR count). The smallest absolute Gasteiger partial charge is 0.144 e. The largest absolute Gasteiger partial charge is 0.327 e. The monoisotopic (exact) mass is 346 g/mol. The molecular formula is C15H17Cl2FN2S. The number of aromatic nitrogens is 2. The van der Waals surface area contributed by atoms with Gasteiger partial charge in [-0.1, -0.05) is 11.6 Å². The normalized spacial score (nSPS) is 22.3. The van der Waals surface area contributed by atoms with Crippen molar-refractivity contribution in [2.24, 2.45) is 0 Å². The van der Waals surface area contributed by atoms with Crippen molar-refractivity contribution in [3.8, 4) is 0 Å². The Morgan fingerprint density at radius 1 is 1.48 bits per heavy atom. The summed E-state index contributed by atoms with van der Waals surface area (Å²) >= 11 is 13.8. The third kappa shape index (κ3) is 3.03. The van der Waals surface area contributed by atoms with Crippen molar-refractivity contribution >= 4 is 46.0 Å².